The molecule has 0 aliphatic carbocycles. The predicted molar refractivity (Wildman–Crippen MR) is 52.4 cm³/mol. The van der Waals surface area contributed by atoms with Gasteiger partial charge in [-0.05, 0) is 13.0 Å². The predicted octanol–water partition coefficient (Wildman–Crippen LogP) is 0.969. The van der Waals surface area contributed by atoms with E-state index in [0.717, 1.165) is 4.90 Å². The molecule has 3 N–H and O–H groups in total. The van der Waals surface area contributed by atoms with E-state index in [1.54, 1.807) is 13.8 Å². The summed E-state index contributed by atoms with van der Waals surface area (Å²) >= 11 is 0. The minimum atomic E-state index is -4.35. The summed E-state index contributed by atoms with van der Waals surface area (Å²) in [6, 6.07) is -2.61. The Kier molecular flexibility index (Phi) is 6.16. The summed E-state index contributed by atoms with van der Waals surface area (Å²) in [6.07, 6.45) is -4.09. The Hall–Kier alpha value is -0.330. The lowest BCUT2D eigenvalue weighted by Gasteiger charge is -2.35. The third-order valence-electron chi connectivity index (χ3n) is 2.40. The van der Waals surface area contributed by atoms with Crippen molar-refractivity contribution in [2.24, 2.45) is 5.73 Å². The lowest BCUT2D eigenvalue weighted by Crippen LogP contribution is -2.56. The maximum atomic E-state index is 12.7. The van der Waals surface area contributed by atoms with Crippen molar-refractivity contribution in [1.82, 2.24) is 4.90 Å². The lowest BCUT2D eigenvalue weighted by atomic mass is 10.0. The van der Waals surface area contributed by atoms with Gasteiger partial charge in [-0.15, -0.1) is 0 Å². The Bertz CT molecular complexity index is 175. The van der Waals surface area contributed by atoms with Gasteiger partial charge < -0.3 is 10.8 Å². The SMILES string of the molecule is CCC(N)C(N(CC)CCO)C(F)(F)F. The van der Waals surface area contributed by atoms with Crippen LogP contribution in [0.5, 0.6) is 0 Å². The van der Waals surface area contributed by atoms with Crippen molar-refractivity contribution in [2.75, 3.05) is 19.7 Å². The molecule has 0 aromatic rings. The number of alkyl halides is 3. The van der Waals surface area contributed by atoms with Crippen LogP contribution in [0.4, 0.5) is 13.2 Å². The highest BCUT2D eigenvalue weighted by Crippen LogP contribution is 2.27. The van der Waals surface area contributed by atoms with Crippen LogP contribution in [0.25, 0.3) is 0 Å². The van der Waals surface area contributed by atoms with Crippen LogP contribution in [0.1, 0.15) is 20.3 Å². The van der Waals surface area contributed by atoms with E-state index >= 15 is 0 Å². The average molecular weight is 228 g/mol. The van der Waals surface area contributed by atoms with Gasteiger partial charge in [-0.1, -0.05) is 13.8 Å². The fourth-order valence-electron chi connectivity index (χ4n) is 1.57. The van der Waals surface area contributed by atoms with Crippen molar-refractivity contribution in [1.29, 1.82) is 0 Å². The second-order valence-corrected chi connectivity index (χ2v) is 3.41. The largest absolute Gasteiger partial charge is 0.405 e. The summed E-state index contributed by atoms with van der Waals surface area (Å²) in [6.45, 7) is 3.16. The molecule has 0 aliphatic rings. The van der Waals surface area contributed by atoms with Gasteiger partial charge in [0.1, 0.15) is 6.04 Å². The van der Waals surface area contributed by atoms with Crippen molar-refractivity contribution in [3.8, 4) is 0 Å². The van der Waals surface area contributed by atoms with Gasteiger partial charge >= 0.3 is 6.18 Å². The molecule has 0 heterocycles. The molecule has 92 valence electrons. The second kappa shape index (κ2) is 6.30. The molecular formula is C9H19F3N2O. The van der Waals surface area contributed by atoms with E-state index in [-0.39, 0.29) is 26.1 Å². The topological polar surface area (TPSA) is 49.5 Å². The van der Waals surface area contributed by atoms with Crippen LogP contribution in [0, 0.1) is 0 Å². The van der Waals surface area contributed by atoms with Crippen molar-refractivity contribution < 1.29 is 18.3 Å². The van der Waals surface area contributed by atoms with E-state index in [2.05, 4.69) is 0 Å². The Morgan fingerprint density at radius 1 is 1.33 bits per heavy atom. The first-order chi connectivity index (χ1) is 6.88. The zero-order valence-corrected chi connectivity index (χ0v) is 9.09. The van der Waals surface area contributed by atoms with Crippen LogP contribution in [0.2, 0.25) is 0 Å². The van der Waals surface area contributed by atoms with Gasteiger partial charge in [0.05, 0.1) is 6.61 Å². The highest BCUT2D eigenvalue weighted by Gasteiger charge is 2.45. The van der Waals surface area contributed by atoms with Crippen LogP contribution in [0.15, 0.2) is 0 Å². The highest BCUT2D eigenvalue weighted by atomic mass is 19.4. The van der Waals surface area contributed by atoms with E-state index in [4.69, 9.17) is 10.8 Å². The molecule has 0 rings (SSSR count). The molecule has 0 spiro atoms. The standard InChI is InChI=1S/C9H19F3N2O/c1-3-7(13)8(9(10,11)12)14(4-2)5-6-15/h7-8,15H,3-6,13H2,1-2H3. The molecule has 0 aromatic heterocycles. The maximum absolute atomic E-state index is 12.7. The van der Waals surface area contributed by atoms with E-state index in [1.165, 1.54) is 0 Å². The third kappa shape index (κ3) is 4.36. The van der Waals surface area contributed by atoms with Gasteiger partial charge in [-0.25, -0.2) is 0 Å². The molecule has 2 atom stereocenters. The second-order valence-electron chi connectivity index (χ2n) is 3.41. The number of rotatable bonds is 6. The molecule has 15 heavy (non-hydrogen) atoms. The number of nitrogens with zero attached hydrogens (tertiary/aromatic N) is 1. The minimum absolute atomic E-state index is 0.00558. The van der Waals surface area contributed by atoms with Crippen LogP contribution in [0.3, 0.4) is 0 Å². The number of hydrogen-bond acceptors (Lipinski definition) is 3. The van der Waals surface area contributed by atoms with Crippen molar-refractivity contribution in [2.45, 2.75) is 38.5 Å². The summed E-state index contributed by atoms with van der Waals surface area (Å²) < 4.78 is 38.1. The molecule has 0 amide bonds. The minimum Gasteiger partial charge on any atom is -0.395 e. The zero-order chi connectivity index (χ0) is 12.1. The van der Waals surface area contributed by atoms with E-state index in [0.29, 0.717) is 0 Å². The number of aliphatic hydroxyl groups is 1. The van der Waals surface area contributed by atoms with Crippen molar-refractivity contribution >= 4 is 0 Å². The lowest BCUT2D eigenvalue weighted by molar-refractivity contribution is -0.190. The van der Waals surface area contributed by atoms with Gasteiger partial charge in [0.2, 0.25) is 0 Å². The van der Waals surface area contributed by atoms with E-state index < -0.39 is 18.3 Å². The summed E-state index contributed by atoms with van der Waals surface area (Å²) in [5, 5.41) is 8.69. The molecule has 3 nitrogen and oxygen atoms in total. The molecular weight excluding hydrogens is 209 g/mol. The van der Waals surface area contributed by atoms with Crippen molar-refractivity contribution in [3.05, 3.63) is 0 Å². The molecule has 0 radical (unpaired) electrons. The Labute approximate surface area is 88.0 Å². The highest BCUT2D eigenvalue weighted by molar-refractivity contribution is 4.87. The number of hydrogen-bond donors (Lipinski definition) is 2. The van der Waals surface area contributed by atoms with Gasteiger partial charge in [-0.3, -0.25) is 4.90 Å². The van der Waals surface area contributed by atoms with E-state index in [1.807, 2.05) is 0 Å². The summed E-state index contributed by atoms with van der Waals surface area (Å²) in [7, 11) is 0. The van der Waals surface area contributed by atoms with Crippen LogP contribution in [-0.2, 0) is 0 Å². The van der Waals surface area contributed by atoms with Gasteiger partial charge in [0.25, 0.3) is 0 Å². The fraction of sp³-hybridized carbons (Fsp3) is 1.00. The first-order valence-electron chi connectivity index (χ1n) is 5.05. The molecule has 0 aliphatic heterocycles. The van der Waals surface area contributed by atoms with Gasteiger partial charge in [-0.2, -0.15) is 13.2 Å². The molecule has 6 heteroatoms. The number of aliphatic hydroxyl groups excluding tert-OH is 1. The molecule has 2 unspecified atom stereocenters. The quantitative estimate of drug-likeness (QED) is 0.712. The first kappa shape index (κ1) is 14.7. The number of halogens is 3. The smallest absolute Gasteiger partial charge is 0.395 e. The monoisotopic (exact) mass is 228 g/mol. The molecule has 0 saturated heterocycles. The number of nitrogens with two attached hydrogens (primary N) is 1. The summed E-state index contributed by atoms with van der Waals surface area (Å²) in [4.78, 5) is 1.16. The van der Waals surface area contributed by atoms with Gasteiger partial charge in [0.15, 0.2) is 0 Å². The van der Waals surface area contributed by atoms with Crippen LogP contribution in [-0.4, -0.2) is 48.0 Å². The zero-order valence-electron chi connectivity index (χ0n) is 9.09. The average Bonchev–Trinajstić information content (AvgIpc) is 2.14. The Balaban J connectivity index is 4.73. The normalized spacial score (nSPS) is 16.8. The molecule has 0 saturated carbocycles. The molecule has 0 fully saturated rings. The van der Waals surface area contributed by atoms with E-state index in [9.17, 15) is 13.2 Å². The maximum Gasteiger partial charge on any atom is 0.405 e. The first-order valence-corrected chi connectivity index (χ1v) is 5.05. The van der Waals surface area contributed by atoms with Crippen LogP contribution < -0.4 is 5.73 Å². The number of likely N-dealkylation sites (N-methyl/N-ethyl adjacent to an activating group) is 1. The van der Waals surface area contributed by atoms with Crippen LogP contribution >= 0.6 is 0 Å². The Morgan fingerprint density at radius 3 is 2.13 bits per heavy atom. The molecule has 0 bridgehead atoms. The summed E-state index contributed by atoms with van der Waals surface area (Å²) in [5.41, 5.74) is 5.47. The van der Waals surface area contributed by atoms with Crippen molar-refractivity contribution in [3.63, 3.8) is 0 Å². The fourth-order valence-corrected chi connectivity index (χ4v) is 1.57. The molecule has 0 aromatic carbocycles. The van der Waals surface area contributed by atoms with Gasteiger partial charge in [0, 0.05) is 12.6 Å². The Morgan fingerprint density at radius 2 is 1.87 bits per heavy atom. The third-order valence-corrected chi connectivity index (χ3v) is 2.40. The summed E-state index contributed by atoms with van der Waals surface area (Å²) in [5.74, 6) is 0.